The van der Waals surface area contributed by atoms with Gasteiger partial charge in [0.05, 0.1) is 57.6 Å². The first-order valence-corrected chi connectivity index (χ1v) is 32.2. The van der Waals surface area contributed by atoms with Crippen LogP contribution in [0.1, 0.15) is 68.9 Å². The average molecular weight is 1160 g/mol. The van der Waals surface area contributed by atoms with Crippen LogP contribution in [-0.4, -0.2) is 68.9 Å². The summed E-state index contributed by atoms with van der Waals surface area (Å²) in [7, 11) is -3.13. The summed E-state index contributed by atoms with van der Waals surface area (Å²) < 4.78 is 65.9. The minimum Gasteiger partial charge on any atom is -0.490 e. The molecule has 0 aromatic heterocycles. The lowest BCUT2D eigenvalue weighted by molar-refractivity contribution is -0.271. The lowest BCUT2D eigenvalue weighted by atomic mass is 9.75. The van der Waals surface area contributed by atoms with Crippen molar-refractivity contribution in [2.24, 2.45) is 5.92 Å². The molecule has 9 nitrogen and oxygen atoms in total. The summed E-state index contributed by atoms with van der Waals surface area (Å²) in [6.07, 6.45) is -4.38. The van der Waals surface area contributed by atoms with Crippen molar-refractivity contribution < 1.29 is 42.3 Å². The van der Waals surface area contributed by atoms with Crippen LogP contribution in [0.3, 0.4) is 0 Å². The molecule has 0 spiro atoms. The van der Waals surface area contributed by atoms with E-state index in [0.717, 1.165) is 43.1 Å². The fourth-order valence-corrected chi connectivity index (χ4v) is 17.5. The lowest BCUT2D eigenvalue weighted by Gasteiger charge is -2.50. The minimum atomic E-state index is -3.13. The van der Waals surface area contributed by atoms with Gasteiger partial charge in [0.15, 0.2) is 5.79 Å². The van der Waals surface area contributed by atoms with Gasteiger partial charge in [-0.15, -0.1) is 0 Å². The first kappa shape index (κ1) is 60.7. The Labute approximate surface area is 503 Å². The molecule has 9 atom stereocenters. The van der Waals surface area contributed by atoms with Crippen molar-refractivity contribution in [1.82, 2.24) is 0 Å². The maximum atomic E-state index is 7.80. The third-order valence-corrected chi connectivity index (χ3v) is 21.8. The van der Waals surface area contributed by atoms with E-state index in [1.165, 1.54) is 0 Å². The summed E-state index contributed by atoms with van der Waals surface area (Å²) >= 11 is 1.62. The molecule has 2 aliphatic rings. The predicted octanol–water partition coefficient (Wildman–Crippen LogP) is 14.7. The maximum absolute atomic E-state index is 7.80. The maximum Gasteiger partial charge on any atom is 0.261 e. The second-order valence-electron chi connectivity index (χ2n) is 23.2. The number of benzene rings is 8. The monoisotopic (exact) mass is 1160 g/mol. The highest BCUT2D eigenvalue weighted by atomic mass is 32.2. The van der Waals surface area contributed by atoms with E-state index in [2.05, 4.69) is 154 Å². The first-order chi connectivity index (χ1) is 40.9. The Kier molecular flexibility index (Phi) is 21.0. The summed E-state index contributed by atoms with van der Waals surface area (Å²) in [4.78, 5) is 1.05. The summed E-state index contributed by atoms with van der Waals surface area (Å²) in [6, 6.07) is 83.0. The highest BCUT2D eigenvalue weighted by Crippen LogP contribution is 2.45. The smallest absolute Gasteiger partial charge is 0.261 e. The standard InChI is InChI=1S/C73H80O9SSi/c1-54(80-64(67-71(82-73(5,6)81-67)83-60-41-25-12-26-42-60)53-79-84(72(2,3)4,61-43-27-13-28-44-61)62-45-29-14-30-46-62)47-63-65(74-48-55-31-15-7-16-32-55)68(76-50-57-35-19-9-20-36-57)70(78-52-59-39-23-11-24-40-59)69(77-51-58-37-21-10-22-38-58)66(63)75-49-56-33-17-8-18-34-56/h7-46,63-71H,1,47-53H2,2-6H3/t63?,64-,65-,66+,67+,68+,69+,70?,71?/m1/s1. The Morgan fingerprint density at radius 3 is 1.14 bits per heavy atom. The third-order valence-electron chi connectivity index (χ3n) is 15.7. The van der Waals surface area contributed by atoms with E-state index in [1.54, 1.807) is 11.8 Å². The molecular weight excluding hydrogens is 1080 g/mol. The normalized spacial score (nSPS) is 21.8. The topological polar surface area (TPSA) is 83.1 Å². The van der Waals surface area contributed by atoms with Gasteiger partial charge in [0, 0.05) is 17.2 Å². The van der Waals surface area contributed by atoms with E-state index in [4.69, 9.17) is 48.9 Å². The summed E-state index contributed by atoms with van der Waals surface area (Å²) in [5, 5.41) is 2.00. The summed E-state index contributed by atoms with van der Waals surface area (Å²) in [5.74, 6) is -0.927. The summed E-state index contributed by atoms with van der Waals surface area (Å²) in [6.45, 7) is 17.3. The molecule has 1 aliphatic carbocycles. The molecule has 1 heterocycles. The second-order valence-corrected chi connectivity index (χ2v) is 28.7. The Morgan fingerprint density at radius 1 is 0.464 bits per heavy atom. The molecule has 0 N–H and O–H groups in total. The van der Waals surface area contributed by atoms with Gasteiger partial charge < -0.3 is 42.3 Å². The molecule has 84 heavy (non-hydrogen) atoms. The molecule has 1 saturated heterocycles. The number of thioether (sulfide) groups is 1. The number of rotatable bonds is 27. The van der Waals surface area contributed by atoms with Crippen LogP contribution in [0.2, 0.25) is 5.04 Å². The molecular formula is C73H80O9SSi. The van der Waals surface area contributed by atoms with Gasteiger partial charge in [0.1, 0.15) is 36.0 Å². The van der Waals surface area contributed by atoms with Crippen LogP contribution in [0.5, 0.6) is 0 Å². The van der Waals surface area contributed by atoms with Crippen molar-refractivity contribution in [2.45, 2.75) is 138 Å². The highest BCUT2D eigenvalue weighted by molar-refractivity contribution is 7.99. The Balaban J connectivity index is 1.08. The van der Waals surface area contributed by atoms with Crippen molar-refractivity contribution in [3.63, 3.8) is 0 Å². The highest BCUT2D eigenvalue weighted by Gasteiger charge is 2.56. The van der Waals surface area contributed by atoms with E-state index in [9.17, 15) is 0 Å². The van der Waals surface area contributed by atoms with Crippen molar-refractivity contribution in [3.05, 3.63) is 283 Å². The zero-order valence-electron chi connectivity index (χ0n) is 49.0. The number of hydrogen-bond acceptors (Lipinski definition) is 10. The van der Waals surface area contributed by atoms with E-state index in [-0.39, 0.29) is 18.1 Å². The molecule has 436 valence electrons. The van der Waals surface area contributed by atoms with Crippen LogP contribution < -0.4 is 10.4 Å². The van der Waals surface area contributed by atoms with Crippen molar-refractivity contribution in [1.29, 1.82) is 0 Å². The molecule has 8 aromatic rings. The van der Waals surface area contributed by atoms with Crippen LogP contribution in [-0.2, 0) is 75.4 Å². The predicted molar refractivity (Wildman–Crippen MR) is 337 cm³/mol. The molecule has 1 aliphatic heterocycles. The molecule has 10 rings (SSSR count). The number of allylic oxidation sites excluding steroid dienone is 1. The molecule has 1 saturated carbocycles. The average Bonchev–Trinajstić information content (AvgIpc) is 2.76. The third kappa shape index (κ3) is 15.7. The fourth-order valence-electron chi connectivity index (χ4n) is 11.7. The van der Waals surface area contributed by atoms with Gasteiger partial charge in [-0.1, -0.05) is 270 Å². The van der Waals surface area contributed by atoms with E-state index < -0.39 is 68.2 Å². The van der Waals surface area contributed by atoms with Gasteiger partial charge in [-0.3, -0.25) is 0 Å². The Hall–Kier alpha value is -6.45. The van der Waals surface area contributed by atoms with Gasteiger partial charge in [-0.2, -0.15) is 0 Å². The van der Waals surface area contributed by atoms with Gasteiger partial charge in [-0.25, -0.2) is 0 Å². The van der Waals surface area contributed by atoms with E-state index in [0.29, 0.717) is 38.8 Å². The van der Waals surface area contributed by atoms with Crippen molar-refractivity contribution in [2.75, 3.05) is 6.61 Å². The zero-order chi connectivity index (χ0) is 58.2. The second kappa shape index (κ2) is 29.1. The van der Waals surface area contributed by atoms with E-state index >= 15 is 0 Å². The Morgan fingerprint density at radius 2 is 0.786 bits per heavy atom. The van der Waals surface area contributed by atoms with Gasteiger partial charge in [0.2, 0.25) is 0 Å². The largest absolute Gasteiger partial charge is 0.490 e. The van der Waals surface area contributed by atoms with Crippen LogP contribution in [0.25, 0.3) is 0 Å². The lowest BCUT2D eigenvalue weighted by Crippen LogP contribution is -2.67. The fraction of sp³-hybridized carbons (Fsp3) is 0.315. The van der Waals surface area contributed by atoms with Crippen LogP contribution >= 0.6 is 11.8 Å². The van der Waals surface area contributed by atoms with E-state index in [1.807, 2.05) is 123 Å². The SMILES string of the molecule is C=C(CC1[C@@H](OCc2ccccc2)[C@H](OCc2ccccc2)C(OCc2ccccc2)[C@@H](OCc2ccccc2)[C@H]1OCc1ccccc1)O[C@H](CO[Si](c1ccccc1)(c1ccccc1)C(C)(C)C)[C@@H]1OC(C)(C)OC1Sc1ccccc1. The molecule has 11 heteroatoms. The van der Waals surface area contributed by atoms with Crippen molar-refractivity contribution in [3.8, 4) is 0 Å². The van der Waals surface area contributed by atoms with Crippen molar-refractivity contribution >= 4 is 30.5 Å². The van der Waals surface area contributed by atoms with Crippen LogP contribution in [0, 0.1) is 5.92 Å². The van der Waals surface area contributed by atoms with Crippen LogP contribution in [0.4, 0.5) is 0 Å². The molecule has 0 bridgehead atoms. The quantitative estimate of drug-likeness (QED) is 0.0367. The molecule has 0 amide bonds. The van der Waals surface area contributed by atoms with Gasteiger partial charge in [-0.05, 0) is 69.2 Å². The molecule has 0 radical (unpaired) electrons. The molecule has 3 unspecified atom stereocenters. The summed E-state index contributed by atoms with van der Waals surface area (Å²) in [5.41, 5.74) is 4.61. The molecule has 2 fully saturated rings. The first-order valence-electron chi connectivity index (χ1n) is 29.4. The Bertz CT molecular complexity index is 3060. The number of hydrogen-bond donors (Lipinski definition) is 0. The van der Waals surface area contributed by atoms with Crippen LogP contribution in [0.15, 0.2) is 260 Å². The number of ether oxygens (including phenoxy) is 8. The molecule has 8 aromatic carbocycles. The van der Waals surface area contributed by atoms with Gasteiger partial charge >= 0.3 is 0 Å². The van der Waals surface area contributed by atoms with Gasteiger partial charge in [0.25, 0.3) is 8.32 Å². The minimum absolute atomic E-state index is 0.163. The zero-order valence-corrected chi connectivity index (χ0v) is 50.8.